The molecule has 0 bridgehead atoms. The first kappa shape index (κ1) is 27.8. The van der Waals surface area contributed by atoms with Crippen LogP contribution in [0.3, 0.4) is 0 Å². The van der Waals surface area contributed by atoms with Crippen LogP contribution in [0.15, 0.2) is 60.7 Å². The van der Waals surface area contributed by atoms with Crippen molar-refractivity contribution >= 4 is 34.8 Å². The molecule has 0 radical (unpaired) electrons. The number of hydrogen-bond acceptors (Lipinski definition) is 6. The Hall–Kier alpha value is -4.24. The largest absolute Gasteiger partial charge is 0.465 e. The van der Waals surface area contributed by atoms with Crippen molar-refractivity contribution in [2.75, 3.05) is 19.7 Å². The Morgan fingerprint density at radius 1 is 1.00 bits per heavy atom. The molecule has 3 amide bonds. The van der Waals surface area contributed by atoms with Gasteiger partial charge in [0, 0.05) is 6.42 Å². The summed E-state index contributed by atoms with van der Waals surface area (Å²) in [6.07, 6.45) is 7.05. The average Bonchev–Trinajstić information content (AvgIpc) is 3.54. The van der Waals surface area contributed by atoms with Gasteiger partial charge in [0.25, 0.3) is 0 Å². The van der Waals surface area contributed by atoms with Gasteiger partial charge in [-0.05, 0) is 59.6 Å². The summed E-state index contributed by atoms with van der Waals surface area (Å²) in [4.78, 5) is 46.0. The Morgan fingerprint density at radius 2 is 1.62 bits per heavy atom. The number of carbonyl (C=O) groups excluding carboxylic acids is 4. The standard InChI is InChI=1S/C16H20N2O3.C14H14N2O2/c1-2-21-15(19)10-18-16(20)14(17)9-12-8-7-11-5-3-4-6-13(11)12;17-13-8-15-14(18)12(16-13)7-10-6-5-9-3-1-2-4-11(9)10/h3-6,8,14H,2,7,9-10,17H2,1H3,(H,18,20);1-4,6,12H,5,7-8H2,(H,15,18)(H,16,17)/t14-;12-/m00/s1. The van der Waals surface area contributed by atoms with Gasteiger partial charge < -0.3 is 26.4 Å². The third kappa shape index (κ3) is 7.20. The van der Waals surface area contributed by atoms with E-state index < -0.39 is 18.1 Å². The number of ether oxygens (including phenoxy) is 1. The number of amides is 3. The number of fused-ring (bicyclic) bond motifs is 2. The van der Waals surface area contributed by atoms with Crippen molar-refractivity contribution < 1.29 is 23.9 Å². The average molecular weight is 531 g/mol. The zero-order chi connectivity index (χ0) is 27.8. The van der Waals surface area contributed by atoms with Crippen molar-refractivity contribution in [3.05, 3.63) is 82.9 Å². The molecule has 5 N–H and O–H groups in total. The number of benzene rings is 2. The fraction of sp³-hybridized carbons (Fsp3) is 0.333. The maximum Gasteiger partial charge on any atom is 0.325 e. The van der Waals surface area contributed by atoms with Crippen LogP contribution in [-0.4, -0.2) is 55.5 Å². The zero-order valence-electron chi connectivity index (χ0n) is 22.0. The quantitative estimate of drug-likeness (QED) is 0.383. The smallest absolute Gasteiger partial charge is 0.325 e. The molecule has 9 heteroatoms. The number of carbonyl (C=O) groups is 4. The van der Waals surface area contributed by atoms with Gasteiger partial charge in [0.1, 0.15) is 12.6 Å². The molecule has 2 aliphatic carbocycles. The van der Waals surface area contributed by atoms with E-state index in [1.54, 1.807) is 6.92 Å². The predicted octanol–water partition coefficient (Wildman–Crippen LogP) is 1.65. The van der Waals surface area contributed by atoms with Crippen LogP contribution in [0.1, 0.15) is 42.0 Å². The Balaban J connectivity index is 0.000000183. The van der Waals surface area contributed by atoms with Gasteiger partial charge in [-0.1, -0.05) is 60.7 Å². The van der Waals surface area contributed by atoms with E-state index in [1.165, 1.54) is 16.7 Å². The van der Waals surface area contributed by atoms with Gasteiger partial charge in [-0.2, -0.15) is 0 Å². The maximum atomic E-state index is 11.9. The lowest BCUT2D eigenvalue weighted by atomic mass is 9.98. The molecular weight excluding hydrogens is 496 g/mol. The first-order valence-electron chi connectivity index (χ1n) is 13.2. The second-order valence-electron chi connectivity index (χ2n) is 9.56. The lowest BCUT2D eigenvalue weighted by molar-refractivity contribution is -0.143. The fourth-order valence-corrected chi connectivity index (χ4v) is 4.89. The second kappa shape index (κ2) is 13.0. The summed E-state index contributed by atoms with van der Waals surface area (Å²) in [5, 5.41) is 7.83. The van der Waals surface area contributed by atoms with Crippen molar-refractivity contribution in [1.29, 1.82) is 0 Å². The summed E-state index contributed by atoms with van der Waals surface area (Å²) in [5.74, 6) is -1.01. The van der Waals surface area contributed by atoms with E-state index >= 15 is 0 Å². The molecule has 1 heterocycles. The van der Waals surface area contributed by atoms with Crippen LogP contribution in [0.25, 0.3) is 11.1 Å². The van der Waals surface area contributed by atoms with E-state index in [1.807, 2.05) is 30.3 Å². The SMILES string of the molecule is CCOC(=O)CNC(=O)[C@@H](N)CC1=CCc2ccccc21.O=C1CNC(=O)[C@H](CC2=CCc3ccccc32)N1. The van der Waals surface area contributed by atoms with Gasteiger partial charge in [0.05, 0.1) is 19.2 Å². The van der Waals surface area contributed by atoms with Crippen molar-refractivity contribution in [2.24, 2.45) is 5.73 Å². The summed E-state index contributed by atoms with van der Waals surface area (Å²) in [5.41, 5.74) is 13.0. The number of nitrogens with one attached hydrogen (secondary N) is 3. The Kier molecular flexibility index (Phi) is 9.27. The molecule has 0 spiro atoms. The highest BCUT2D eigenvalue weighted by atomic mass is 16.5. The highest BCUT2D eigenvalue weighted by Crippen LogP contribution is 2.31. The molecule has 1 saturated heterocycles. The Bertz CT molecular complexity index is 1320. The number of allylic oxidation sites excluding steroid dienone is 2. The predicted molar refractivity (Wildman–Crippen MR) is 148 cm³/mol. The van der Waals surface area contributed by atoms with Crippen LogP contribution >= 0.6 is 0 Å². The molecule has 2 atom stereocenters. The number of esters is 1. The molecule has 2 aromatic carbocycles. The molecule has 204 valence electrons. The minimum atomic E-state index is -0.670. The number of nitrogens with two attached hydrogens (primary N) is 1. The van der Waals surface area contributed by atoms with Crippen LogP contribution in [-0.2, 0) is 36.8 Å². The monoisotopic (exact) mass is 530 g/mol. The van der Waals surface area contributed by atoms with E-state index in [2.05, 4.69) is 46.3 Å². The summed E-state index contributed by atoms with van der Waals surface area (Å²) < 4.78 is 4.75. The van der Waals surface area contributed by atoms with E-state index in [-0.39, 0.29) is 30.8 Å². The first-order chi connectivity index (χ1) is 18.9. The van der Waals surface area contributed by atoms with Gasteiger partial charge in [0.15, 0.2) is 0 Å². The molecule has 3 aliphatic rings. The van der Waals surface area contributed by atoms with Crippen molar-refractivity contribution in [1.82, 2.24) is 16.0 Å². The maximum absolute atomic E-state index is 11.9. The molecular formula is C30H34N4O5. The summed E-state index contributed by atoms with van der Waals surface area (Å²) in [7, 11) is 0. The number of hydrogen-bond donors (Lipinski definition) is 4. The second-order valence-corrected chi connectivity index (χ2v) is 9.56. The van der Waals surface area contributed by atoms with Crippen LogP contribution in [0.4, 0.5) is 0 Å². The topological polar surface area (TPSA) is 140 Å². The van der Waals surface area contributed by atoms with Crippen LogP contribution in [0, 0.1) is 0 Å². The van der Waals surface area contributed by atoms with E-state index in [0.717, 1.165) is 29.6 Å². The van der Waals surface area contributed by atoms with Gasteiger partial charge in [-0.3, -0.25) is 19.2 Å². The normalized spacial score (nSPS) is 17.7. The van der Waals surface area contributed by atoms with Gasteiger partial charge >= 0.3 is 5.97 Å². The summed E-state index contributed by atoms with van der Waals surface area (Å²) in [6.45, 7) is 1.96. The van der Waals surface area contributed by atoms with Crippen molar-refractivity contribution in [3.8, 4) is 0 Å². The molecule has 0 saturated carbocycles. The Labute approximate surface area is 227 Å². The van der Waals surface area contributed by atoms with Gasteiger partial charge in [0.2, 0.25) is 17.7 Å². The van der Waals surface area contributed by atoms with Gasteiger partial charge in [-0.15, -0.1) is 0 Å². The van der Waals surface area contributed by atoms with E-state index in [9.17, 15) is 19.2 Å². The number of rotatable bonds is 8. The van der Waals surface area contributed by atoms with Crippen LogP contribution in [0.5, 0.6) is 0 Å². The molecule has 39 heavy (non-hydrogen) atoms. The molecule has 2 aromatic rings. The minimum absolute atomic E-state index is 0.0883. The molecule has 0 unspecified atom stereocenters. The molecule has 9 nitrogen and oxygen atoms in total. The van der Waals surface area contributed by atoms with Crippen molar-refractivity contribution in [3.63, 3.8) is 0 Å². The fourth-order valence-electron chi connectivity index (χ4n) is 4.89. The molecule has 1 fully saturated rings. The highest BCUT2D eigenvalue weighted by Gasteiger charge is 2.28. The van der Waals surface area contributed by atoms with Crippen LogP contribution < -0.4 is 21.7 Å². The third-order valence-electron chi connectivity index (χ3n) is 6.85. The van der Waals surface area contributed by atoms with E-state index in [4.69, 9.17) is 10.5 Å². The first-order valence-corrected chi connectivity index (χ1v) is 13.2. The molecule has 5 rings (SSSR count). The summed E-state index contributed by atoms with van der Waals surface area (Å²) in [6, 6.07) is 15.2. The van der Waals surface area contributed by atoms with Crippen LogP contribution in [0.2, 0.25) is 0 Å². The third-order valence-corrected chi connectivity index (χ3v) is 6.85. The molecule has 1 aliphatic heterocycles. The Morgan fingerprint density at radius 3 is 2.28 bits per heavy atom. The minimum Gasteiger partial charge on any atom is -0.465 e. The van der Waals surface area contributed by atoms with Crippen molar-refractivity contribution in [2.45, 2.75) is 44.7 Å². The lowest BCUT2D eigenvalue weighted by Crippen LogP contribution is -2.56. The summed E-state index contributed by atoms with van der Waals surface area (Å²) >= 11 is 0. The molecule has 0 aromatic heterocycles. The number of piperazine rings is 1. The highest BCUT2D eigenvalue weighted by molar-refractivity contribution is 5.96. The lowest BCUT2D eigenvalue weighted by Gasteiger charge is -2.23. The van der Waals surface area contributed by atoms with E-state index in [0.29, 0.717) is 19.4 Å². The van der Waals surface area contributed by atoms with Gasteiger partial charge in [-0.25, -0.2) is 0 Å². The zero-order valence-corrected chi connectivity index (χ0v) is 22.0.